The summed E-state index contributed by atoms with van der Waals surface area (Å²) < 4.78 is 11.2. The highest BCUT2D eigenvalue weighted by Crippen LogP contribution is 2.29. The second-order valence-electron chi connectivity index (χ2n) is 6.14. The number of anilines is 2. The minimum absolute atomic E-state index is 0.142. The molecule has 2 aromatic carbocycles. The molecular weight excluding hydrogens is 336 g/mol. The highest BCUT2D eigenvalue weighted by Gasteiger charge is 2.17. The van der Waals surface area contributed by atoms with Gasteiger partial charge in [0.15, 0.2) is 5.78 Å². The Morgan fingerprint density at radius 2 is 2.08 bits per heavy atom. The van der Waals surface area contributed by atoms with E-state index >= 15 is 0 Å². The quantitative estimate of drug-likeness (QED) is 0.456. The van der Waals surface area contributed by atoms with Gasteiger partial charge < -0.3 is 14.8 Å². The maximum absolute atomic E-state index is 11.4. The number of nitro groups is 1. The van der Waals surface area contributed by atoms with Gasteiger partial charge >= 0.3 is 0 Å². The topological polar surface area (TPSA) is 90.7 Å². The van der Waals surface area contributed by atoms with Gasteiger partial charge in [0.25, 0.3) is 5.69 Å². The fraction of sp³-hybridized carbons (Fsp3) is 0.316. The first kappa shape index (κ1) is 17.9. The SMILES string of the molecule is CC(=O)c1ccc(Nc2ccc(OCC3CCCO3)cc2)c([N+](=O)[O-])c1. The normalized spacial score (nSPS) is 16.3. The van der Waals surface area contributed by atoms with E-state index in [-0.39, 0.29) is 17.6 Å². The summed E-state index contributed by atoms with van der Waals surface area (Å²) >= 11 is 0. The highest BCUT2D eigenvalue weighted by atomic mass is 16.6. The first-order chi connectivity index (χ1) is 12.5. The largest absolute Gasteiger partial charge is 0.491 e. The number of nitrogens with zero attached hydrogens (tertiary/aromatic N) is 1. The molecule has 136 valence electrons. The van der Waals surface area contributed by atoms with Gasteiger partial charge in [-0.3, -0.25) is 14.9 Å². The molecule has 1 unspecified atom stereocenters. The minimum atomic E-state index is -0.506. The lowest BCUT2D eigenvalue weighted by Gasteiger charge is -2.12. The number of nitrogens with one attached hydrogen (secondary N) is 1. The molecule has 1 aliphatic heterocycles. The van der Waals surface area contributed by atoms with Crippen LogP contribution in [0.25, 0.3) is 0 Å². The van der Waals surface area contributed by atoms with Crippen LogP contribution in [-0.4, -0.2) is 30.0 Å². The molecule has 1 fully saturated rings. The van der Waals surface area contributed by atoms with Crippen molar-refractivity contribution < 1.29 is 19.2 Å². The van der Waals surface area contributed by atoms with Gasteiger partial charge in [0, 0.05) is 23.9 Å². The first-order valence-electron chi connectivity index (χ1n) is 8.44. The number of benzene rings is 2. The smallest absolute Gasteiger partial charge is 0.293 e. The maximum Gasteiger partial charge on any atom is 0.293 e. The average molecular weight is 356 g/mol. The van der Waals surface area contributed by atoms with E-state index in [9.17, 15) is 14.9 Å². The van der Waals surface area contributed by atoms with Crippen LogP contribution in [0.15, 0.2) is 42.5 Å². The zero-order valence-corrected chi connectivity index (χ0v) is 14.4. The van der Waals surface area contributed by atoms with Crippen molar-refractivity contribution in [2.24, 2.45) is 0 Å². The van der Waals surface area contributed by atoms with Gasteiger partial charge in [0.2, 0.25) is 0 Å². The van der Waals surface area contributed by atoms with Crippen molar-refractivity contribution in [3.63, 3.8) is 0 Å². The van der Waals surface area contributed by atoms with Gasteiger partial charge in [-0.05, 0) is 56.2 Å². The van der Waals surface area contributed by atoms with E-state index < -0.39 is 4.92 Å². The van der Waals surface area contributed by atoms with Crippen molar-refractivity contribution in [1.82, 2.24) is 0 Å². The molecule has 1 heterocycles. The van der Waals surface area contributed by atoms with Crippen LogP contribution in [0, 0.1) is 10.1 Å². The number of hydrogen-bond donors (Lipinski definition) is 1. The van der Waals surface area contributed by atoms with Crippen molar-refractivity contribution in [3.05, 3.63) is 58.1 Å². The van der Waals surface area contributed by atoms with E-state index in [1.54, 1.807) is 30.3 Å². The molecule has 0 radical (unpaired) electrons. The molecule has 7 nitrogen and oxygen atoms in total. The first-order valence-corrected chi connectivity index (χ1v) is 8.44. The lowest BCUT2D eigenvalue weighted by atomic mass is 10.1. The standard InChI is InChI=1S/C19H20N2O5/c1-13(22)14-4-9-18(19(11-14)21(23)24)20-15-5-7-16(8-6-15)26-12-17-3-2-10-25-17/h4-9,11,17,20H,2-3,10,12H2,1H3. The van der Waals surface area contributed by atoms with Crippen molar-refractivity contribution >= 4 is 22.8 Å². The molecular formula is C19H20N2O5. The monoisotopic (exact) mass is 356 g/mol. The van der Waals surface area contributed by atoms with Crippen LogP contribution in [0.2, 0.25) is 0 Å². The van der Waals surface area contributed by atoms with E-state index in [2.05, 4.69) is 5.32 Å². The second-order valence-corrected chi connectivity index (χ2v) is 6.14. The van der Waals surface area contributed by atoms with E-state index in [0.717, 1.165) is 19.4 Å². The summed E-state index contributed by atoms with van der Waals surface area (Å²) in [5, 5.41) is 14.3. The van der Waals surface area contributed by atoms with Crippen LogP contribution in [-0.2, 0) is 4.74 Å². The summed E-state index contributed by atoms with van der Waals surface area (Å²) in [5.41, 5.74) is 1.18. The third kappa shape index (κ3) is 4.37. The van der Waals surface area contributed by atoms with Crippen LogP contribution in [0.5, 0.6) is 5.75 Å². The van der Waals surface area contributed by atoms with Crippen LogP contribution < -0.4 is 10.1 Å². The zero-order valence-electron chi connectivity index (χ0n) is 14.4. The Kier molecular flexibility index (Phi) is 5.48. The summed E-state index contributed by atoms with van der Waals surface area (Å²) in [5.74, 6) is 0.500. The fourth-order valence-corrected chi connectivity index (χ4v) is 2.76. The lowest BCUT2D eigenvalue weighted by Crippen LogP contribution is -2.16. The zero-order chi connectivity index (χ0) is 18.5. The molecule has 0 aliphatic carbocycles. The number of carbonyl (C=O) groups excluding carboxylic acids is 1. The number of Topliss-reactive ketones (excluding diaryl/α,β-unsaturated/α-hetero) is 1. The third-order valence-corrected chi connectivity index (χ3v) is 4.19. The summed E-state index contributed by atoms with van der Waals surface area (Å²) in [7, 11) is 0. The van der Waals surface area contributed by atoms with Crippen LogP contribution in [0.3, 0.4) is 0 Å². The Morgan fingerprint density at radius 1 is 1.31 bits per heavy atom. The fourth-order valence-electron chi connectivity index (χ4n) is 2.76. The van der Waals surface area contributed by atoms with Crippen molar-refractivity contribution in [3.8, 4) is 5.75 Å². The predicted octanol–water partition coefficient (Wildman–Crippen LogP) is 4.10. The van der Waals surface area contributed by atoms with Gasteiger partial charge in [-0.25, -0.2) is 0 Å². The number of ketones is 1. The summed E-state index contributed by atoms with van der Waals surface area (Å²) in [6.07, 6.45) is 2.23. The molecule has 1 N–H and O–H groups in total. The average Bonchev–Trinajstić information content (AvgIpc) is 3.14. The van der Waals surface area contributed by atoms with Gasteiger partial charge in [-0.2, -0.15) is 0 Å². The summed E-state index contributed by atoms with van der Waals surface area (Å²) in [6, 6.07) is 11.6. The van der Waals surface area contributed by atoms with Crippen molar-refractivity contribution in [2.45, 2.75) is 25.9 Å². The Balaban J connectivity index is 1.68. The van der Waals surface area contributed by atoms with Gasteiger partial charge in [-0.1, -0.05) is 0 Å². The van der Waals surface area contributed by atoms with E-state index in [0.29, 0.717) is 29.3 Å². The minimum Gasteiger partial charge on any atom is -0.491 e. The van der Waals surface area contributed by atoms with Crippen molar-refractivity contribution in [1.29, 1.82) is 0 Å². The Morgan fingerprint density at radius 3 is 2.69 bits per heavy atom. The van der Waals surface area contributed by atoms with E-state index in [1.165, 1.54) is 19.1 Å². The van der Waals surface area contributed by atoms with Gasteiger partial charge in [-0.15, -0.1) is 0 Å². The third-order valence-electron chi connectivity index (χ3n) is 4.19. The molecule has 1 atom stereocenters. The molecule has 0 bridgehead atoms. The number of nitro benzene ring substituents is 1. The Labute approximate surface area is 151 Å². The number of hydrogen-bond acceptors (Lipinski definition) is 6. The highest BCUT2D eigenvalue weighted by molar-refractivity contribution is 5.95. The molecule has 1 saturated heterocycles. The Hall–Kier alpha value is -2.93. The van der Waals surface area contributed by atoms with Crippen LogP contribution in [0.4, 0.5) is 17.1 Å². The molecule has 0 aromatic heterocycles. The number of rotatable bonds is 7. The van der Waals surface area contributed by atoms with Crippen LogP contribution >= 0.6 is 0 Å². The molecule has 0 saturated carbocycles. The molecule has 1 aliphatic rings. The molecule has 0 spiro atoms. The maximum atomic E-state index is 11.4. The van der Waals surface area contributed by atoms with Crippen molar-refractivity contribution in [2.75, 3.05) is 18.5 Å². The van der Waals surface area contributed by atoms with E-state index in [1.807, 2.05) is 0 Å². The van der Waals surface area contributed by atoms with E-state index in [4.69, 9.17) is 9.47 Å². The molecule has 2 aromatic rings. The summed E-state index contributed by atoms with van der Waals surface area (Å²) in [6.45, 7) is 2.68. The van der Waals surface area contributed by atoms with Crippen LogP contribution in [0.1, 0.15) is 30.1 Å². The van der Waals surface area contributed by atoms with Gasteiger partial charge in [0.05, 0.1) is 11.0 Å². The molecule has 26 heavy (non-hydrogen) atoms. The molecule has 3 rings (SSSR count). The molecule has 7 heteroatoms. The van der Waals surface area contributed by atoms with Gasteiger partial charge in [0.1, 0.15) is 18.0 Å². The number of carbonyl (C=O) groups is 1. The molecule has 0 amide bonds. The Bertz CT molecular complexity index is 798. The lowest BCUT2D eigenvalue weighted by molar-refractivity contribution is -0.383. The second kappa shape index (κ2) is 7.97. The summed E-state index contributed by atoms with van der Waals surface area (Å²) in [4.78, 5) is 22.2. The predicted molar refractivity (Wildman–Crippen MR) is 97.3 cm³/mol. The number of ether oxygens (including phenoxy) is 2.